The maximum absolute atomic E-state index is 12.0. The molecule has 22 heavy (non-hydrogen) atoms. The summed E-state index contributed by atoms with van der Waals surface area (Å²) in [7, 11) is 0. The van der Waals surface area contributed by atoms with Crippen LogP contribution in [0.4, 0.5) is 5.69 Å². The molecule has 7 nitrogen and oxygen atoms in total. The lowest BCUT2D eigenvalue weighted by Crippen LogP contribution is -2.58. The van der Waals surface area contributed by atoms with Crippen LogP contribution in [0.15, 0.2) is 18.2 Å². The van der Waals surface area contributed by atoms with Crippen LogP contribution in [0, 0.1) is 0 Å². The van der Waals surface area contributed by atoms with Gasteiger partial charge in [0.2, 0.25) is 5.91 Å². The number of fused-ring (bicyclic) bond motifs is 1. The Hall–Kier alpha value is -2.41. The number of carbonyl (C=O) groups excluding carboxylic acids is 2. The molecule has 2 amide bonds. The van der Waals surface area contributed by atoms with Crippen LogP contribution >= 0.6 is 0 Å². The normalized spacial score (nSPS) is 13.8. The van der Waals surface area contributed by atoms with Gasteiger partial charge in [0.05, 0.1) is 11.0 Å². The Morgan fingerprint density at radius 2 is 2.14 bits per heavy atom. The Labute approximate surface area is 128 Å². The summed E-state index contributed by atoms with van der Waals surface area (Å²) < 4.78 is 0. The Balaban J connectivity index is 2.19. The van der Waals surface area contributed by atoms with Gasteiger partial charge in [0.15, 0.2) is 5.54 Å². The fraction of sp³-hybridized carbons (Fsp3) is 0.400. The highest BCUT2D eigenvalue weighted by atomic mass is 16.2. The number of amides is 2. The van der Waals surface area contributed by atoms with Crippen molar-refractivity contribution in [2.75, 3.05) is 5.32 Å². The second-order valence-corrected chi connectivity index (χ2v) is 5.54. The minimum absolute atomic E-state index is 0.529. The van der Waals surface area contributed by atoms with E-state index >= 15 is 0 Å². The smallest absolute Gasteiger partial charge is 0.253 e. The molecule has 2 aromatic rings. The molecule has 1 aromatic heterocycles. The molecule has 0 aliphatic carbocycles. The highest BCUT2D eigenvalue weighted by molar-refractivity contribution is 6.13. The van der Waals surface area contributed by atoms with Crippen molar-refractivity contribution in [3.05, 3.63) is 24.0 Å². The fourth-order valence-electron chi connectivity index (χ4n) is 1.98. The number of unbranched alkanes of at least 4 members (excludes halogenated alkanes) is 1. The molecule has 118 valence electrons. The first-order chi connectivity index (χ1) is 10.3. The van der Waals surface area contributed by atoms with Crippen molar-refractivity contribution in [2.45, 2.75) is 38.6 Å². The van der Waals surface area contributed by atoms with Crippen molar-refractivity contribution in [1.29, 1.82) is 0 Å². The van der Waals surface area contributed by atoms with Crippen LogP contribution in [0.3, 0.4) is 0 Å². The lowest BCUT2D eigenvalue weighted by Gasteiger charge is -2.19. The first-order valence-electron chi connectivity index (χ1n) is 7.23. The summed E-state index contributed by atoms with van der Waals surface area (Å²) >= 11 is 0. The van der Waals surface area contributed by atoms with E-state index in [1.54, 1.807) is 18.2 Å². The molecule has 0 spiro atoms. The van der Waals surface area contributed by atoms with E-state index in [4.69, 9.17) is 11.5 Å². The summed E-state index contributed by atoms with van der Waals surface area (Å²) in [6, 6.07) is 5.27. The first-order valence-corrected chi connectivity index (χ1v) is 7.23. The number of aromatic nitrogens is 2. The number of nitrogens with one attached hydrogen (secondary N) is 2. The number of carbonyl (C=O) groups is 2. The lowest BCUT2D eigenvalue weighted by atomic mass is 10.0. The number of nitrogens with zero attached hydrogens (tertiary/aromatic N) is 1. The van der Waals surface area contributed by atoms with E-state index in [2.05, 4.69) is 22.2 Å². The third-order valence-electron chi connectivity index (χ3n) is 3.54. The average molecular weight is 303 g/mol. The van der Waals surface area contributed by atoms with Crippen molar-refractivity contribution in [3.63, 3.8) is 0 Å². The van der Waals surface area contributed by atoms with Crippen LogP contribution < -0.4 is 16.8 Å². The van der Waals surface area contributed by atoms with Crippen molar-refractivity contribution in [2.24, 2.45) is 11.5 Å². The summed E-state index contributed by atoms with van der Waals surface area (Å²) in [6.45, 7) is 3.40. The van der Waals surface area contributed by atoms with Crippen LogP contribution in [0.25, 0.3) is 11.0 Å². The van der Waals surface area contributed by atoms with Crippen LogP contribution in [0.2, 0.25) is 0 Å². The summed E-state index contributed by atoms with van der Waals surface area (Å²) in [5, 5.41) is 2.60. The van der Waals surface area contributed by atoms with Gasteiger partial charge in [-0.25, -0.2) is 4.98 Å². The van der Waals surface area contributed by atoms with Gasteiger partial charge < -0.3 is 21.8 Å². The second kappa shape index (κ2) is 6.15. The third kappa shape index (κ3) is 3.25. The molecule has 0 aliphatic heterocycles. The quantitative estimate of drug-likeness (QED) is 0.595. The number of nitrogens with two attached hydrogens (primary N) is 2. The molecule has 0 saturated heterocycles. The van der Waals surface area contributed by atoms with E-state index in [0.29, 0.717) is 5.69 Å². The zero-order valence-corrected chi connectivity index (χ0v) is 12.8. The van der Waals surface area contributed by atoms with Gasteiger partial charge in [-0.05, 0) is 31.5 Å². The molecular weight excluding hydrogens is 282 g/mol. The number of hydrogen-bond acceptors (Lipinski definition) is 4. The van der Waals surface area contributed by atoms with Crippen molar-refractivity contribution < 1.29 is 9.59 Å². The van der Waals surface area contributed by atoms with Gasteiger partial charge in [-0.1, -0.05) is 13.3 Å². The molecule has 0 unspecified atom stereocenters. The van der Waals surface area contributed by atoms with Crippen LogP contribution in [-0.4, -0.2) is 27.3 Å². The molecule has 1 aromatic carbocycles. The average Bonchev–Trinajstić information content (AvgIpc) is 2.86. The van der Waals surface area contributed by atoms with Gasteiger partial charge in [-0.15, -0.1) is 0 Å². The molecule has 6 N–H and O–H groups in total. The molecule has 2 rings (SSSR count). The number of aryl methyl sites for hydroxylation is 1. The maximum atomic E-state index is 12.0. The molecule has 1 heterocycles. The molecule has 0 radical (unpaired) electrons. The Morgan fingerprint density at radius 3 is 2.77 bits per heavy atom. The summed E-state index contributed by atoms with van der Waals surface area (Å²) in [5.74, 6) is -0.610. The van der Waals surface area contributed by atoms with E-state index in [1.165, 1.54) is 6.92 Å². The zero-order chi connectivity index (χ0) is 16.3. The highest BCUT2D eigenvalue weighted by Gasteiger charge is 2.34. The molecule has 0 fully saturated rings. The van der Waals surface area contributed by atoms with E-state index < -0.39 is 17.4 Å². The Kier molecular flexibility index (Phi) is 4.46. The predicted octanol–water partition coefficient (Wildman–Crippen LogP) is 1.05. The molecule has 0 saturated carbocycles. The van der Waals surface area contributed by atoms with Crippen molar-refractivity contribution >= 4 is 28.5 Å². The SMILES string of the molecule is CCCCc1nc2ccc(NC(=O)[C@@](C)(N)C(N)=O)cc2[nH]1. The number of primary amides is 1. The van der Waals surface area contributed by atoms with E-state index in [0.717, 1.165) is 36.1 Å². The summed E-state index contributed by atoms with van der Waals surface area (Å²) in [4.78, 5) is 30.9. The predicted molar refractivity (Wildman–Crippen MR) is 85.1 cm³/mol. The lowest BCUT2D eigenvalue weighted by molar-refractivity contribution is -0.131. The number of rotatable bonds is 6. The monoisotopic (exact) mass is 303 g/mol. The second-order valence-electron chi connectivity index (χ2n) is 5.54. The molecule has 7 heteroatoms. The Bertz CT molecular complexity index is 705. The van der Waals surface area contributed by atoms with Gasteiger partial charge in [0.25, 0.3) is 5.91 Å². The number of hydrogen-bond donors (Lipinski definition) is 4. The number of imidazole rings is 1. The zero-order valence-electron chi connectivity index (χ0n) is 12.8. The minimum atomic E-state index is -1.75. The number of benzene rings is 1. The van der Waals surface area contributed by atoms with Gasteiger partial charge in [-0.2, -0.15) is 0 Å². The first kappa shape index (κ1) is 16.0. The van der Waals surface area contributed by atoms with Gasteiger partial charge in [-0.3, -0.25) is 9.59 Å². The van der Waals surface area contributed by atoms with E-state index in [-0.39, 0.29) is 0 Å². The molecular formula is C15H21N5O2. The van der Waals surface area contributed by atoms with Crippen LogP contribution in [0.5, 0.6) is 0 Å². The van der Waals surface area contributed by atoms with Crippen molar-refractivity contribution in [1.82, 2.24) is 9.97 Å². The van der Waals surface area contributed by atoms with Crippen LogP contribution in [0.1, 0.15) is 32.5 Å². The molecule has 0 bridgehead atoms. The highest BCUT2D eigenvalue weighted by Crippen LogP contribution is 2.19. The van der Waals surface area contributed by atoms with Crippen molar-refractivity contribution in [3.8, 4) is 0 Å². The maximum Gasteiger partial charge on any atom is 0.253 e. The largest absolute Gasteiger partial charge is 0.368 e. The molecule has 0 aliphatic rings. The van der Waals surface area contributed by atoms with Gasteiger partial charge >= 0.3 is 0 Å². The fourth-order valence-corrected chi connectivity index (χ4v) is 1.98. The number of aromatic amines is 1. The number of H-pyrrole nitrogens is 1. The van der Waals surface area contributed by atoms with Gasteiger partial charge in [0, 0.05) is 12.1 Å². The van der Waals surface area contributed by atoms with E-state index in [1.807, 2.05) is 0 Å². The number of anilines is 1. The summed E-state index contributed by atoms with van der Waals surface area (Å²) in [6.07, 6.45) is 3.05. The molecule has 1 atom stereocenters. The third-order valence-corrected chi connectivity index (χ3v) is 3.54. The van der Waals surface area contributed by atoms with Crippen LogP contribution in [-0.2, 0) is 16.0 Å². The topological polar surface area (TPSA) is 127 Å². The standard InChI is InChI=1S/C15H21N5O2/c1-3-4-5-12-19-10-7-6-9(8-11(10)20-12)18-14(22)15(2,17)13(16)21/h6-8H,3-5,17H2,1-2H3,(H2,16,21)(H,18,22)(H,19,20)/t15-/m0/s1. The Morgan fingerprint density at radius 1 is 1.41 bits per heavy atom. The van der Waals surface area contributed by atoms with Gasteiger partial charge in [0.1, 0.15) is 5.82 Å². The minimum Gasteiger partial charge on any atom is -0.368 e. The summed E-state index contributed by atoms with van der Waals surface area (Å²) in [5.41, 5.74) is 11.2. The van der Waals surface area contributed by atoms with E-state index in [9.17, 15) is 9.59 Å².